The van der Waals surface area contributed by atoms with Gasteiger partial charge >= 0.3 is 0 Å². The first-order chi connectivity index (χ1) is 5.06. The molecule has 5 nitrogen and oxygen atoms in total. The first kappa shape index (κ1) is 10.8. The summed E-state index contributed by atoms with van der Waals surface area (Å²) in [6.07, 6.45) is 0.811. The number of hydrogen-bond donors (Lipinski definition) is 3. The van der Waals surface area contributed by atoms with Gasteiger partial charge in [0.1, 0.15) is 0 Å². The zero-order valence-electron chi connectivity index (χ0n) is 6.28. The second-order valence-corrected chi connectivity index (χ2v) is 3.75. The maximum atomic E-state index is 10.2. The van der Waals surface area contributed by atoms with Crippen LogP contribution in [0.3, 0.4) is 0 Å². The van der Waals surface area contributed by atoms with Crippen molar-refractivity contribution in [2.75, 3.05) is 25.4 Å². The molecule has 0 radical (unpaired) electrons. The third kappa shape index (κ3) is 9.83. The Labute approximate surface area is 66.7 Å². The second-order valence-electron chi connectivity index (χ2n) is 2.18. The van der Waals surface area contributed by atoms with Crippen LogP contribution >= 0.6 is 0 Å². The van der Waals surface area contributed by atoms with Crippen molar-refractivity contribution in [2.24, 2.45) is 5.73 Å². The molecule has 0 aliphatic carbocycles. The predicted octanol–water partition coefficient (Wildman–Crippen LogP) is -1.19. The molecule has 0 aliphatic rings. The Morgan fingerprint density at radius 3 is 2.45 bits per heavy atom. The van der Waals surface area contributed by atoms with Crippen LogP contribution in [0.2, 0.25) is 0 Å². The molecule has 4 N–H and O–H groups in total. The minimum atomic E-state index is -3.81. The zero-order valence-corrected chi connectivity index (χ0v) is 7.10. The van der Waals surface area contributed by atoms with Gasteiger partial charge in [0, 0.05) is 6.54 Å². The summed E-state index contributed by atoms with van der Waals surface area (Å²) in [7, 11) is -3.81. The minimum Gasteiger partial charge on any atom is -0.330 e. The predicted molar refractivity (Wildman–Crippen MR) is 43.0 cm³/mol. The van der Waals surface area contributed by atoms with Gasteiger partial charge in [-0.15, -0.1) is 0 Å². The van der Waals surface area contributed by atoms with Crippen molar-refractivity contribution in [2.45, 2.75) is 6.42 Å². The number of nitrogens with one attached hydrogen (secondary N) is 1. The third-order valence-electron chi connectivity index (χ3n) is 1.09. The number of rotatable bonds is 6. The molecular formula is C5H14N2O3S. The summed E-state index contributed by atoms with van der Waals surface area (Å²) in [6.45, 7) is 1.55. The van der Waals surface area contributed by atoms with Crippen molar-refractivity contribution in [3.8, 4) is 0 Å². The van der Waals surface area contributed by atoms with Gasteiger partial charge in [0.25, 0.3) is 10.1 Å². The fourth-order valence-electron chi connectivity index (χ4n) is 0.553. The molecule has 0 aromatic rings. The lowest BCUT2D eigenvalue weighted by Crippen LogP contribution is -2.24. The van der Waals surface area contributed by atoms with Crippen LogP contribution in [-0.4, -0.2) is 38.4 Å². The second kappa shape index (κ2) is 5.48. The van der Waals surface area contributed by atoms with E-state index in [1.54, 1.807) is 0 Å². The molecule has 0 bridgehead atoms. The van der Waals surface area contributed by atoms with E-state index in [2.05, 4.69) is 5.32 Å². The summed E-state index contributed by atoms with van der Waals surface area (Å²) >= 11 is 0. The summed E-state index contributed by atoms with van der Waals surface area (Å²) in [5.74, 6) is -0.239. The van der Waals surface area contributed by atoms with Gasteiger partial charge in [-0.25, -0.2) is 0 Å². The van der Waals surface area contributed by atoms with Gasteiger partial charge in [-0.2, -0.15) is 8.42 Å². The number of hydrogen-bond acceptors (Lipinski definition) is 4. The van der Waals surface area contributed by atoms with Crippen molar-refractivity contribution < 1.29 is 13.0 Å². The smallest absolute Gasteiger partial charge is 0.266 e. The Hall–Kier alpha value is -0.170. The Kier molecular flexibility index (Phi) is 5.39. The van der Waals surface area contributed by atoms with Gasteiger partial charge in [-0.1, -0.05) is 0 Å². The molecular weight excluding hydrogens is 168 g/mol. The lowest BCUT2D eigenvalue weighted by Gasteiger charge is -2.00. The zero-order chi connectivity index (χ0) is 8.74. The highest BCUT2D eigenvalue weighted by Crippen LogP contribution is 1.78. The van der Waals surface area contributed by atoms with Crippen molar-refractivity contribution in [1.29, 1.82) is 0 Å². The van der Waals surface area contributed by atoms with E-state index in [0.29, 0.717) is 13.1 Å². The molecule has 68 valence electrons. The average molecular weight is 182 g/mol. The first-order valence-corrected chi connectivity index (χ1v) is 5.03. The molecule has 0 unspecified atom stereocenters. The molecule has 0 heterocycles. The van der Waals surface area contributed by atoms with Crippen LogP contribution in [-0.2, 0) is 10.1 Å². The highest BCUT2D eigenvalue weighted by atomic mass is 32.2. The highest BCUT2D eigenvalue weighted by Gasteiger charge is 2.01. The molecule has 11 heavy (non-hydrogen) atoms. The van der Waals surface area contributed by atoms with E-state index in [1.807, 2.05) is 0 Å². The maximum Gasteiger partial charge on any atom is 0.266 e. The van der Waals surface area contributed by atoms with Gasteiger partial charge in [-0.3, -0.25) is 4.55 Å². The van der Waals surface area contributed by atoms with E-state index in [0.717, 1.165) is 6.42 Å². The summed E-state index contributed by atoms with van der Waals surface area (Å²) < 4.78 is 28.6. The van der Waals surface area contributed by atoms with E-state index in [9.17, 15) is 8.42 Å². The van der Waals surface area contributed by atoms with Crippen LogP contribution in [0.4, 0.5) is 0 Å². The fraction of sp³-hybridized carbons (Fsp3) is 1.00. The van der Waals surface area contributed by atoms with Gasteiger partial charge in [0.15, 0.2) is 0 Å². The summed E-state index contributed by atoms with van der Waals surface area (Å²) in [4.78, 5) is 0. The van der Waals surface area contributed by atoms with Crippen LogP contribution in [0.25, 0.3) is 0 Å². The summed E-state index contributed by atoms with van der Waals surface area (Å²) in [5, 5.41) is 2.82. The molecule has 0 saturated heterocycles. The quantitative estimate of drug-likeness (QED) is 0.355. The number of nitrogens with two attached hydrogens (primary N) is 1. The van der Waals surface area contributed by atoms with Gasteiger partial charge in [0.2, 0.25) is 0 Å². The molecule has 0 atom stereocenters. The SMILES string of the molecule is NCCCNCCS(=O)(=O)O. The summed E-state index contributed by atoms with van der Waals surface area (Å²) in [6, 6.07) is 0. The van der Waals surface area contributed by atoms with Gasteiger partial charge in [0.05, 0.1) is 5.75 Å². The van der Waals surface area contributed by atoms with Crippen LogP contribution in [0, 0.1) is 0 Å². The molecule has 0 aromatic heterocycles. The van der Waals surface area contributed by atoms with Crippen molar-refractivity contribution >= 4 is 10.1 Å². The van der Waals surface area contributed by atoms with Gasteiger partial charge in [-0.05, 0) is 19.5 Å². The summed E-state index contributed by atoms with van der Waals surface area (Å²) in [5.41, 5.74) is 5.19. The topological polar surface area (TPSA) is 92.4 Å². The minimum absolute atomic E-state index is 0.239. The van der Waals surface area contributed by atoms with Crippen LogP contribution in [0.1, 0.15) is 6.42 Å². The average Bonchev–Trinajstić information content (AvgIpc) is 1.85. The molecule has 0 aliphatic heterocycles. The first-order valence-electron chi connectivity index (χ1n) is 3.42. The van der Waals surface area contributed by atoms with Crippen molar-refractivity contribution in [3.05, 3.63) is 0 Å². The molecule has 0 aromatic carbocycles. The van der Waals surface area contributed by atoms with E-state index in [-0.39, 0.29) is 12.3 Å². The van der Waals surface area contributed by atoms with Crippen molar-refractivity contribution in [3.63, 3.8) is 0 Å². The monoisotopic (exact) mass is 182 g/mol. The maximum absolute atomic E-state index is 10.2. The Morgan fingerprint density at radius 2 is 2.00 bits per heavy atom. The van der Waals surface area contributed by atoms with E-state index in [1.165, 1.54) is 0 Å². The van der Waals surface area contributed by atoms with E-state index in [4.69, 9.17) is 10.3 Å². The Morgan fingerprint density at radius 1 is 1.36 bits per heavy atom. The Balaban J connectivity index is 3.16. The highest BCUT2D eigenvalue weighted by molar-refractivity contribution is 7.85. The lowest BCUT2D eigenvalue weighted by atomic mass is 10.4. The molecule has 0 saturated carbocycles. The van der Waals surface area contributed by atoms with Crippen LogP contribution in [0.15, 0.2) is 0 Å². The lowest BCUT2D eigenvalue weighted by molar-refractivity contribution is 0.480. The Bertz CT molecular complexity index is 178. The third-order valence-corrected chi connectivity index (χ3v) is 1.81. The largest absolute Gasteiger partial charge is 0.330 e. The molecule has 0 rings (SSSR count). The molecule has 0 amide bonds. The molecule has 6 heteroatoms. The van der Waals surface area contributed by atoms with E-state index >= 15 is 0 Å². The molecule has 0 spiro atoms. The van der Waals surface area contributed by atoms with Crippen molar-refractivity contribution in [1.82, 2.24) is 5.32 Å². The fourth-order valence-corrected chi connectivity index (χ4v) is 0.955. The van der Waals surface area contributed by atoms with E-state index < -0.39 is 10.1 Å². The van der Waals surface area contributed by atoms with Crippen LogP contribution in [0.5, 0.6) is 0 Å². The van der Waals surface area contributed by atoms with Gasteiger partial charge < -0.3 is 11.1 Å². The van der Waals surface area contributed by atoms with Crippen LogP contribution < -0.4 is 11.1 Å². The molecule has 0 fully saturated rings. The standard InChI is InChI=1S/C5H14N2O3S/c6-2-1-3-7-4-5-11(8,9)10/h7H,1-6H2,(H,8,9,10). The normalized spacial score (nSPS) is 11.8.